The summed E-state index contributed by atoms with van der Waals surface area (Å²) in [6.07, 6.45) is 1.15. The summed E-state index contributed by atoms with van der Waals surface area (Å²) in [5.41, 5.74) is 4.78. The van der Waals surface area contributed by atoms with Gasteiger partial charge in [-0.2, -0.15) is 0 Å². The van der Waals surface area contributed by atoms with Crippen molar-refractivity contribution in [2.75, 3.05) is 11.4 Å². The van der Waals surface area contributed by atoms with Crippen molar-refractivity contribution >= 4 is 11.7 Å². The first-order valence-corrected chi connectivity index (χ1v) is 7.69. The normalized spacial score (nSPS) is 10.5. The molecular formula is C19H23NO2. The summed E-state index contributed by atoms with van der Waals surface area (Å²) in [6.45, 7) is 5.42. The van der Waals surface area contributed by atoms with Crippen molar-refractivity contribution in [3.05, 3.63) is 65.2 Å². The van der Waals surface area contributed by atoms with E-state index in [-0.39, 0.29) is 6.42 Å². The van der Waals surface area contributed by atoms with Crippen LogP contribution in [0.5, 0.6) is 0 Å². The highest BCUT2D eigenvalue weighted by molar-refractivity contribution is 5.67. The van der Waals surface area contributed by atoms with Crippen LogP contribution in [0.1, 0.15) is 30.0 Å². The third-order valence-corrected chi connectivity index (χ3v) is 3.80. The maximum atomic E-state index is 10.9. The van der Waals surface area contributed by atoms with Gasteiger partial charge in [0.2, 0.25) is 0 Å². The van der Waals surface area contributed by atoms with Gasteiger partial charge in [0, 0.05) is 18.8 Å². The number of benzene rings is 2. The second-order valence-electron chi connectivity index (χ2n) is 5.57. The SMILES string of the molecule is CCc1ccc(N(CCC(=O)O)Cc2ccc(C)cc2)cc1. The van der Waals surface area contributed by atoms with E-state index in [2.05, 4.69) is 67.3 Å². The second kappa shape index (κ2) is 7.64. The fraction of sp³-hybridized carbons (Fsp3) is 0.316. The minimum absolute atomic E-state index is 0.140. The van der Waals surface area contributed by atoms with Crippen LogP contribution >= 0.6 is 0 Å². The van der Waals surface area contributed by atoms with E-state index in [0.29, 0.717) is 6.54 Å². The monoisotopic (exact) mass is 297 g/mol. The Morgan fingerprint density at radius 2 is 1.59 bits per heavy atom. The van der Waals surface area contributed by atoms with Crippen molar-refractivity contribution in [3.63, 3.8) is 0 Å². The molecule has 1 N–H and O–H groups in total. The largest absolute Gasteiger partial charge is 0.481 e. The Morgan fingerprint density at radius 1 is 1.00 bits per heavy atom. The summed E-state index contributed by atoms with van der Waals surface area (Å²) < 4.78 is 0. The van der Waals surface area contributed by atoms with Crippen LogP contribution in [0.3, 0.4) is 0 Å². The third kappa shape index (κ3) is 4.62. The van der Waals surface area contributed by atoms with Crippen molar-refractivity contribution < 1.29 is 9.90 Å². The molecule has 116 valence electrons. The van der Waals surface area contributed by atoms with Crippen molar-refractivity contribution in [2.24, 2.45) is 0 Å². The van der Waals surface area contributed by atoms with E-state index in [1.165, 1.54) is 16.7 Å². The Balaban J connectivity index is 2.16. The topological polar surface area (TPSA) is 40.5 Å². The molecule has 0 heterocycles. The molecule has 0 saturated carbocycles. The molecule has 0 aliphatic carbocycles. The molecule has 0 fully saturated rings. The molecule has 2 aromatic carbocycles. The lowest BCUT2D eigenvalue weighted by Crippen LogP contribution is -2.25. The standard InChI is InChI=1S/C19H23NO2/c1-3-16-8-10-18(11-9-16)20(13-12-19(21)22)14-17-6-4-15(2)5-7-17/h4-11H,3,12-14H2,1-2H3,(H,21,22). The number of carboxylic acids is 1. The van der Waals surface area contributed by atoms with Gasteiger partial charge in [0.15, 0.2) is 0 Å². The van der Waals surface area contributed by atoms with Crippen molar-refractivity contribution in [2.45, 2.75) is 33.2 Å². The van der Waals surface area contributed by atoms with E-state index >= 15 is 0 Å². The Morgan fingerprint density at radius 3 is 2.14 bits per heavy atom. The van der Waals surface area contributed by atoms with Crippen LogP contribution in [0.2, 0.25) is 0 Å². The zero-order valence-corrected chi connectivity index (χ0v) is 13.2. The first kappa shape index (κ1) is 16.1. The van der Waals surface area contributed by atoms with Crippen molar-refractivity contribution in [1.82, 2.24) is 0 Å². The van der Waals surface area contributed by atoms with Gasteiger partial charge in [0.1, 0.15) is 0 Å². The lowest BCUT2D eigenvalue weighted by molar-refractivity contribution is -0.136. The summed E-state index contributed by atoms with van der Waals surface area (Å²) in [6, 6.07) is 16.8. The third-order valence-electron chi connectivity index (χ3n) is 3.80. The molecule has 0 aliphatic rings. The smallest absolute Gasteiger partial charge is 0.305 e. The molecule has 3 nitrogen and oxygen atoms in total. The van der Waals surface area contributed by atoms with Gasteiger partial charge in [-0.3, -0.25) is 4.79 Å². The quantitative estimate of drug-likeness (QED) is 0.838. The fourth-order valence-electron chi connectivity index (χ4n) is 2.39. The minimum atomic E-state index is -0.765. The number of aryl methyl sites for hydroxylation is 2. The van der Waals surface area contributed by atoms with Crippen LogP contribution in [-0.4, -0.2) is 17.6 Å². The predicted molar refractivity (Wildman–Crippen MR) is 90.3 cm³/mol. The van der Waals surface area contributed by atoms with Gasteiger partial charge in [0.05, 0.1) is 6.42 Å². The van der Waals surface area contributed by atoms with Crippen molar-refractivity contribution in [3.8, 4) is 0 Å². The highest BCUT2D eigenvalue weighted by atomic mass is 16.4. The van der Waals surface area contributed by atoms with Crippen LogP contribution in [0.15, 0.2) is 48.5 Å². The van der Waals surface area contributed by atoms with E-state index in [1.807, 2.05) is 0 Å². The zero-order chi connectivity index (χ0) is 15.9. The molecule has 22 heavy (non-hydrogen) atoms. The molecule has 2 aromatic rings. The molecule has 2 rings (SSSR count). The Bertz CT molecular complexity index is 602. The van der Waals surface area contributed by atoms with E-state index in [4.69, 9.17) is 5.11 Å². The summed E-state index contributed by atoms with van der Waals surface area (Å²) in [5, 5.41) is 8.97. The lowest BCUT2D eigenvalue weighted by Gasteiger charge is -2.24. The Labute approximate surface area is 132 Å². The summed E-state index contributed by atoms with van der Waals surface area (Å²) in [4.78, 5) is 13.0. The molecular weight excluding hydrogens is 274 g/mol. The van der Waals surface area contributed by atoms with Crippen LogP contribution in [0, 0.1) is 6.92 Å². The molecule has 0 spiro atoms. The summed E-state index contributed by atoms with van der Waals surface area (Å²) in [7, 11) is 0. The summed E-state index contributed by atoms with van der Waals surface area (Å²) in [5.74, 6) is -0.765. The fourth-order valence-corrected chi connectivity index (χ4v) is 2.39. The van der Waals surface area contributed by atoms with Gasteiger partial charge in [-0.15, -0.1) is 0 Å². The number of hydrogen-bond donors (Lipinski definition) is 1. The Hall–Kier alpha value is -2.29. The van der Waals surface area contributed by atoms with E-state index in [0.717, 1.165) is 18.7 Å². The van der Waals surface area contributed by atoms with Crippen LogP contribution < -0.4 is 4.90 Å². The number of aliphatic carboxylic acids is 1. The van der Waals surface area contributed by atoms with Gasteiger partial charge < -0.3 is 10.0 Å². The number of carbonyl (C=O) groups is 1. The molecule has 0 bridgehead atoms. The first-order valence-electron chi connectivity index (χ1n) is 7.69. The number of hydrogen-bond acceptors (Lipinski definition) is 2. The van der Waals surface area contributed by atoms with E-state index in [1.54, 1.807) is 0 Å². The second-order valence-corrected chi connectivity index (χ2v) is 5.57. The molecule has 0 radical (unpaired) electrons. The zero-order valence-electron chi connectivity index (χ0n) is 13.2. The molecule has 0 atom stereocenters. The van der Waals surface area contributed by atoms with Gasteiger partial charge in [-0.05, 0) is 36.6 Å². The highest BCUT2D eigenvalue weighted by Gasteiger charge is 2.09. The van der Waals surface area contributed by atoms with Crippen molar-refractivity contribution in [1.29, 1.82) is 0 Å². The molecule has 0 aliphatic heterocycles. The maximum absolute atomic E-state index is 10.9. The molecule has 3 heteroatoms. The van der Waals surface area contributed by atoms with Gasteiger partial charge in [-0.25, -0.2) is 0 Å². The number of rotatable bonds is 7. The van der Waals surface area contributed by atoms with Crippen LogP contribution in [0.4, 0.5) is 5.69 Å². The number of anilines is 1. The number of carboxylic acid groups (broad SMARTS) is 1. The van der Waals surface area contributed by atoms with E-state index in [9.17, 15) is 4.79 Å². The van der Waals surface area contributed by atoms with Crippen LogP contribution in [-0.2, 0) is 17.8 Å². The molecule has 0 amide bonds. The molecule has 0 aromatic heterocycles. The van der Waals surface area contributed by atoms with Crippen LogP contribution in [0.25, 0.3) is 0 Å². The lowest BCUT2D eigenvalue weighted by atomic mass is 10.1. The first-order chi connectivity index (χ1) is 10.6. The Kier molecular flexibility index (Phi) is 5.59. The predicted octanol–water partition coefficient (Wildman–Crippen LogP) is 4.04. The number of nitrogens with zero attached hydrogens (tertiary/aromatic N) is 1. The average Bonchev–Trinajstić information content (AvgIpc) is 2.53. The van der Waals surface area contributed by atoms with Gasteiger partial charge in [0.25, 0.3) is 0 Å². The minimum Gasteiger partial charge on any atom is -0.481 e. The van der Waals surface area contributed by atoms with E-state index < -0.39 is 5.97 Å². The summed E-state index contributed by atoms with van der Waals surface area (Å²) >= 11 is 0. The highest BCUT2D eigenvalue weighted by Crippen LogP contribution is 2.19. The molecule has 0 saturated heterocycles. The average molecular weight is 297 g/mol. The molecule has 0 unspecified atom stereocenters. The maximum Gasteiger partial charge on any atom is 0.305 e. The van der Waals surface area contributed by atoms with Gasteiger partial charge in [-0.1, -0.05) is 48.9 Å². The van der Waals surface area contributed by atoms with Gasteiger partial charge >= 0.3 is 5.97 Å².